The van der Waals surface area contributed by atoms with E-state index in [1.54, 1.807) is 36.2 Å². The molecule has 1 saturated heterocycles. The summed E-state index contributed by atoms with van der Waals surface area (Å²) in [6, 6.07) is 16.9. The molecule has 2 aromatic carbocycles. The third kappa shape index (κ3) is 4.29. The summed E-state index contributed by atoms with van der Waals surface area (Å²) in [5, 5.41) is 0. The van der Waals surface area contributed by atoms with Crippen LogP contribution in [0.25, 0.3) is 0 Å². The number of nitrogens with zero attached hydrogens (tertiary/aromatic N) is 3. The molecule has 0 bridgehead atoms. The van der Waals surface area contributed by atoms with Crippen LogP contribution < -0.4 is 0 Å². The van der Waals surface area contributed by atoms with Gasteiger partial charge in [0.05, 0.1) is 0 Å². The van der Waals surface area contributed by atoms with Gasteiger partial charge >= 0.3 is 0 Å². The first-order valence-electron chi connectivity index (χ1n) is 8.92. The van der Waals surface area contributed by atoms with E-state index in [2.05, 4.69) is 11.9 Å². The molecule has 1 fully saturated rings. The molecule has 0 spiro atoms. The number of likely N-dealkylation sites (N-methyl/N-ethyl adjacent to an activating group) is 1. The number of carbonyl (C=O) groups excluding carboxylic acids is 2. The number of carbonyl (C=O) groups is 2. The first-order valence-corrected chi connectivity index (χ1v) is 8.92. The maximum Gasteiger partial charge on any atom is 0.253 e. The van der Waals surface area contributed by atoms with Crippen molar-refractivity contribution in [3.63, 3.8) is 0 Å². The van der Waals surface area contributed by atoms with E-state index in [-0.39, 0.29) is 11.8 Å². The van der Waals surface area contributed by atoms with Gasteiger partial charge in [-0.1, -0.05) is 36.4 Å². The number of hydrogen-bond acceptors (Lipinski definition) is 3. The predicted octanol–water partition coefficient (Wildman–Crippen LogP) is 2.35. The Bertz CT molecular complexity index is 768. The Balaban J connectivity index is 1.70. The Kier molecular flexibility index (Phi) is 5.68. The largest absolute Gasteiger partial charge is 0.337 e. The summed E-state index contributed by atoms with van der Waals surface area (Å²) in [5.74, 6) is -0.0830. The fourth-order valence-corrected chi connectivity index (χ4v) is 3.13. The molecule has 136 valence electrons. The Hall–Kier alpha value is -2.66. The summed E-state index contributed by atoms with van der Waals surface area (Å²) in [6.45, 7) is 3.74. The summed E-state index contributed by atoms with van der Waals surface area (Å²) in [7, 11) is 3.84. The summed E-state index contributed by atoms with van der Waals surface area (Å²) in [4.78, 5) is 31.2. The average molecular weight is 351 g/mol. The number of hydrogen-bond donors (Lipinski definition) is 0. The Labute approximate surface area is 154 Å². The fraction of sp³-hybridized carbons (Fsp3) is 0.333. The van der Waals surface area contributed by atoms with Gasteiger partial charge in [-0.2, -0.15) is 0 Å². The van der Waals surface area contributed by atoms with E-state index in [9.17, 15) is 9.59 Å². The molecular weight excluding hydrogens is 326 g/mol. The van der Waals surface area contributed by atoms with Gasteiger partial charge in [-0.15, -0.1) is 0 Å². The molecule has 0 atom stereocenters. The molecule has 0 aliphatic carbocycles. The highest BCUT2D eigenvalue weighted by Gasteiger charge is 2.21. The minimum Gasteiger partial charge on any atom is -0.337 e. The first kappa shape index (κ1) is 18.1. The van der Waals surface area contributed by atoms with Crippen LogP contribution in [0.5, 0.6) is 0 Å². The summed E-state index contributed by atoms with van der Waals surface area (Å²) in [6.07, 6.45) is 0. The second-order valence-electron chi connectivity index (χ2n) is 6.82. The molecule has 3 rings (SSSR count). The van der Waals surface area contributed by atoms with Crippen molar-refractivity contribution in [3.8, 4) is 0 Å². The first-order chi connectivity index (χ1) is 12.5. The van der Waals surface area contributed by atoms with Gasteiger partial charge in [0, 0.05) is 50.9 Å². The zero-order valence-corrected chi connectivity index (χ0v) is 15.4. The van der Waals surface area contributed by atoms with Crippen LogP contribution in [-0.4, -0.2) is 66.8 Å². The lowest BCUT2D eigenvalue weighted by molar-refractivity contribution is 0.0664. The maximum atomic E-state index is 12.7. The molecule has 0 N–H and O–H groups in total. The van der Waals surface area contributed by atoms with Gasteiger partial charge in [-0.05, 0) is 30.8 Å². The van der Waals surface area contributed by atoms with E-state index >= 15 is 0 Å². The molecule has 2 aromatic rings. The lowest BCUT2D eigenvalue weighted by Gasteiger charge is -2.32. The number of rotatable bonds is 4. The third-order valence-corrected chi connectivity index (χ3v) is 4.76. The third-order valence-electron chi connectivity index (χ3n) is 4.76. The van der Waals surface area contributed by atoms with E-state index in [1.165, 1.54) is 0 Å². The lowest BCUT2D eigenvalue weighted by atomic mass is 10.1. The lowest BCUT2D eigenvalue weighted by Crippen LogP contribution is -2.47. The Morgan fingerprint density at radius 1 is 0.923 bits per heavy atom. The van der Waals surface area contributed by atoms with Gasteiger partial charge in [0.15, 0.2) is 0 Å². The number of benzene rings is 2. The van der Waals surface area contributed by atoms with Crippen LogP contribution in [-0.2, 0) is 6.54 Å². The average Bonchev–Trinajstić information content (AvgIpc) is 2.68. The van der Waals surface area contributed by atoms with Gasteiger partial charge in [0.2, 0.25) is 0 Å². The maximum absolute atomic E-state index is 12.7. The highest BCUT2D eigenvalue weighted by Crippen LogP contribution is 2.13. The number of amides is 2. The van der Waals surface area contributed by atoms with Gasteiger partial charge in [0.1, 0.15) is 0 Å². The van der Waals surface area contributed by atoms with Crippen LogP contribution in [0.1, 0.15) is 26.3 Å². The van der Waals surface area contributed by atoms with E-state index in [0.29, 0.717) is 17.7 Å². The Morgan fingerprint density at radius 3 is 2.27 bits per heavy atom. The van der Waals surface area contributed by atoms with Crippen molar-refractivity contribution in [1.82, 2.24) is 14.7 Å². The molecule has 1 aliphatic heterocycles. The van der Waals surface area contributed by atoms with Crippen molar-refractivity contribution < 1.29 is 9.59 Å². The van der Waals surface area contributed by atoms with Crippen LogP contribution in [0.2, 0.25) is 0 Å². The molecule has 5 heteroatoms. The smallest absolute Gasteiger partial charge is 0.253 e. The molecule has 2 amide bonds. The van der Waals surface area contributed by atoms with Crippen molar-refractivity contribution in [2.75, 3.05) is 40.3 Å². The second-order valence-corrected chi connectivity index (χ2v) is 6.82. The van der Waals surface area contributed by atoms with E-state index < -0.39 is 0 Å². The molecule has 26 heavy (non-hydrogen) atoms. The van der Waals surface area contributed by atoms with Gasteiger partial charge < -0.3 is 14.7 Å². The zero-order chi connectivity index (χ0) is 18.5. The standard InChI is InChI=1S/C21H25N3O2/c1-22-11-13-24(14-12-22)21(26)19-10-6-9-18(15-19)20(25)23(2)16-17-7-4-3-5-8-17/h3-10,15H,11-14,16H2,1-2H3. The van der Waals surface area contributed by atoms with Gasteiger partial charge in [-0.3, -0.25) is 9.59 Å². The molecular formula is C21H25N3O2. The van der Waals surface area contributed by atoms with Crippen molar-refractivity contribution in [2.45, 2.75) is 6.54 Å². The fourth-order valence-electron chi connectivity index (χ4n) is 3.13. The zero-order valence-electron chi connectivity index (χ0n) is 15.4. The monoisotopic (exact) mass is 351 g/mol. The predicted molar refractivity (Wildman–Crippen MR) is 102 cm³/mol. The SMILES string of the molecule is CN1CCN(C(=O)c2cccc(C(=O)N(C)Cc3ccccc3)c2)CC1. The van der Waals surface area contributed by atoms with E-state index in [0.717, 1.165) is 31.7 Å². The number of piperazine rings is 1. The summed E-state index contributed by atoms with van der Waals surface area (Å²) < 4.78 is 0. The minimum atomic E-state index is -0.0816. The molecule has 0 aromatic heterocycles. The topological polar surface area (TPSA) is 43.9 Å². The van der Waals surface area contributed by atoms with Crippen LogP contribution in [0.3, 0.4) is 0 Å². The minimum absolute atomic E-state index is 0.00142. The van der Waals surface area contributed by atoms with E-state index in [4.69, 9.17) is 0 Å². The van der Waals surface area contributed by atoms with E-state index in [1.807, 2.05) is 35.2 Å². The van der Waals surface area contributed by atoms with Gasteiger partial charge in [-0.25, -0.2) is 0 Å². The van der Waals surface area contributed by atoms with Gasteiger partial charge in [0.25, 0.3) is 11.8 Å². The van der Waals surface area contributed by atoms with Crippen molar-refractivity contribution in [3.05, 3.63) is 71.3 Å². The summed E-state index contributed by atoms with van der Waals surface area (Å²) >= 11 is 0. The molecule has 5 nitrogen and oxygen atoms in total. The quantitative estimate of drug-likeness (QED) is 0.849. The normalized spacial score (nSPS) is 14.9. The van der Waals surface area contributed by atoms with Crippen LogP contribution in [0, 0.1) is 0 Å². The molecule has 0 radical (unpaired) electrons. The molecule has 0 saturated carbocycles. The highest BCUT2D eigenvalue weighted by atomic mass is 16.2. The summed E-state index contributed by atoms with van der Waals surface area (Å²) in [5.41, 5.74) is 2.20. The van der Waals surface area contributed by atoms with Crippen molar-refractivity contribution in [2.24, 2.45) is 0 Å². The van der Waals surface area contributed by atoms with Crippen LogP contribution in [0.15, 0.2) is 54.6 Å². The molecule has 1 aliphatic rings. The molecule has 0 unspecified atom stereocenters. The van der Waals surface area contributed by atoms with Crippen molar-refractivity contribution >= 4 is 11.8 Å². The Morgan fingerprint density at radius 2 is 1.58 bits per heavy atom. The molecule has 1 heterocycles. The highest BCUT2D eigenvalue weighted by molar-refractivity contribution is 5.99. The second kappa shape index (κ2) is 8.15. The van der Waals surface area contributed by atoms with Crippen LogP contribution in [0.4, 0.5) is 0 Å². The van der Waals surface area contributed by atoms with Crippen LogP contribution >= 0.6 is 0 Å². The van der Waals surface area contributed by atoms with Crippen molar-refractivity contribution in [1.29, 1.82) is 0 Å².